The van der Waals surface area contributed by atoms with Gasteiger partial charge in [-0.1, -0.05) is 6.92 Å². The average molecular weight is 378 g/mol. The number of amides is 1. The molecule has 0 aliphatic carbocycles. The van der Waals surface area contributed by atoms with Crippen molar-refractivity contribution in [2.24, 2.45) is 5.92 Å². The SMILES string of the molecule is CC1CCNCC1NC(=O)c1cc(Br)c2c(c1)OCO2.Cl. The number of hydrogen-bond acceptors (Lipinski definition) is 4. The maximum absolute atomic E-state index is 12.4. The number of carbonyl (C=O) groups excluding carboxylic acids is 1. The summed E-state index contributed by atoms with van der Waals surface area (Å²) in [6.07, 6.45) is 1.08. The van der Waals surface area contributed by atoms with E-state index in [1.54, 1.807) is 12.1 Å². The third-order valence-corrected chi connectivity index (χ3v) is 4.42. The Morgan fingerprint density at radius 1 is 1.43 bits per heavy atom. The van der Waals surface area contributed by atoms with Crippen LogP contribution in [0.2, 0.25) is 0 Å². The summed E-state index contributed by atoms with van der Waals surface area (Å²) in [6.45, 7) is 4.20. The van der Waals surface area contributed by atoms with E-state index in [1.165, 1.54) is 0 Å². The van der Waals surface area contributed by atoms with Crippen molar-refractivity contribution in [3.8, 4) is 11.5 Å². The van der Waals surface area contributed by atoms with Crippen molar-refractivity contribution in [2.75, 3.05) is 19.9 Å². The molecule has 7 heteroatoms. The molecule has 3 rings (SSSR count). The standard InChI is InChI=1S/C14H17BrN2O3.ClH/c1-8-2-3-16-6-11(8)17-14(18)9-4-10(15)13-12(5-9)19-7-20-13;/h4-5,8,11,16H,2-3,6-7H2,1H3,(H,17,18);1H. The van der Waals surface area contributed by atoms with Gasteiger partial charge in [0.1, 0.15) is 0 Å². The first-order chi connectivity index (χ1) is 9.65. The van der Waals surface area contributed by atoms with Gasteiger partial charge in [0.15, 0.2) is 11.5 Å². The van der Waals surface area contributed by atoms with Crippen molar-refractivity contribution in [2.45, 2.75) is 19.4 Å². The van der Waals surface area contributed by atoms with Gasteiger partial charge in [0.25, 0.3) is 5.91 Å². The fourth-order valence-corrected chi connectivity index (χ4v) is 3.09. The lowest BCUT2D eigenvalue weighted by Crippen LogP contribution is -2.50. The Balaban J connectivity index is 0.00000161. The number of piperidine rings is 1. The predicted octanol–water partition coefficient (Wildman–Crippen LogP) is 2.33. The molecule has 2 N–H and O–H groups in total. The second-order valence-corrected chi connectivity index (χ2v) is 6.10. The summed E-state index contributed by atoms with van der Waals surface area (Å²) in [4.78, 5) is 12.4. The van der Waals surface area contributed by atoms with E-state index in [4.69, 9.17) is 9.47 Å². The van der Waals surface area contributed by atoms with Crippen molar-refractivity contribution in [3.05, 3.63) is 22.2 Å². The molecule has 2 atom stereocenters. The Morgan fingerprint density at radius 2 is 2.24 bits per heavy atom. The molecular weight excluding hydrogens is 360 g/mol. The average Bonchev–Trinajstić information content (AvgIpc) is 2.90. The Morgan fingerprint density at radius 3 is 3.00 bits per heavy atom. The number of ether oxygens (including phenoxy) is 2. The van der Waals surface area contributed by atoms with Gasteiger partial charge in [0.2, 0.25) is 6.79 Å². The smallest absolute Gasteiger partial charge is 0.251 e. The molecule has 21 heavy (non-hydrogen) atoms. The maximum Gasteiger partial charge on any atom is 0.251 e. The second-order valence-electron chi connectivity index (χ2n) is 5.24. The van der Waals surface area contributed by atoms with Crippen molar-refractivity contribution in [1.29, 1.82) is 0 Å². The number of hydrogen-bond donors (Lipinski definition) is 2. The molecule has 1 fully saturated rings. The maximum atomic E-state index is 12.4. The zero-order valence-electron chi connectivity index (χ0n) is 11.6. The van der Waals surface area contributed by atoms with Crippen LogP contribution in [0.5, 0.6) is 11.5 Å². The van der Waals surface area contributed by atoms with Crippen molar-refractivity contribution in [3.63, 3.8) is 0 Å². The minimum Gasteiger partial charge on any atom is -0.454 e. The summed E-state index contributed by atoms with van der Waals surface area (Å²) >= 11 is 3.41. The highest BCUT2D eigenvalue weighted by Gasteiger charge is 2.25. The van der Waals surface area contributed by atoms with Crippen LogP contribution in [-0.2, 0) is 0 Å². The topological polar surface area (TPSA) is 59.6 Å². The molecule has 116 valence electrons. The molecule has 0 bridgehead atoms. The molecule has 0 spiro atoms. The molecule has 2 aliphatic rings. The normalized spacial score (nSPS) is 23.3. The third-order valence-electron chi connectivity index (χ3n) is 3.83. The van der Waals surface area contributed by atoms with E-state index in [1.807, 2.05) is 0 Å². The Labute approximate surface area is 138 Å². The van der Waals surface area contributed by atoms with Gasteiger partial charge in [-0.25, -0.2) is 0 Å². The Kier molecular flexibility index (Phi) is 5.35. The van der Waals surface area contributed by atoms with E-state index in [0.717, 1.165) is 24.0 Å². The van der Waals surface area contributed by atoms with E-state index in [-0.39, 0.29) is 31.1 Å². The highest BCUT2D eigenvalue weighted by atomic mass is 79.9. The van der Waals surface area contributed by atoms with Gasteiger partial charge in [-0.15, -0.1) is 12.4 Å². The minimum absolute atomic E-state index is 0. The van der Waals surface area contributed by atoms with Gasteiger partial charge in [-0.2, -0.15) is 0 Å². The molecule has 1 aromatic rings. The highest BCUT2D eigenvalue weighted by Crippen LogP contribution is 2.39. The first-order valence-electron chi connectivity index (χ1n) is 6.76. The van der Waals surface area contributed by atoms with E-state index < -0.39 is 0 Å². The summed E-state index contributed by atoms with van der Waals surface area (Å²) in [6, 6.07) is 3.66. The van der Waals surface area contributed by atoms with E-state index in [9.17, 15) is 4.79 Å². The molecule has 0 radical (unpaired) electrons. The van der Waals surface area contributed by atoms with Crippen LogP contribution in [0.4, 0.5) is 0 Å². The summed E-state index contributed by atoms with van der Waals surface area (Å²) < 4.78 is 11.4. The number of rotatable bonds is 2. The Hall–Kier alpha value is -0.980. The lowest BCUT2D eigenvalue weighted by atomic mass is 9.94. The van der Waals surface area contributed by atoms with Crippen LogP contribution in [0, 0.1) is 5.92 Å². The zero-order chi connectivity index (χ0) is 14.1. The zero-order valence-corrected chi connectivity index (χ0v) is 14.1. The quantitative estimate of drug-likeness (QED) is 0.830. The Bertz CT molecular complexity index is 541. The highest BCUT2D eigenvalue weighted by molar-refractivity contribution is 9.10. The van der Waals surface area contributed by atoms with Gasteiger partial charge in [-0.05, 0) is 46.9 Å². The van der Waals surface area contributed by atoms with Gasteiger partial charge >= 0.3 is 0 Å². The summed E-state index contributed by atoms with van der Waals surface area (Å²) in [5.41, 5.74) is 0.582. The fraction of sp³-hybridized carbons (Fsp3) is 0.500. The number of halogens is 2. The number of benzene rings is 1. The monoisotopic (exact) mass is 376 g/mol. The van der Waals surface area contributed by atoms with Gasteiger partial charge in [0.05, 0.1) is 4.47 Å². The molecule has 2 aliphatic heterocycles. The summed E-state index contributed by atoms with van der Waals surface area (Å²) in [7, 11) is 0. The van der Waals surface area contributed by atoms with Crippen LogP contribution in [0.25, 0.3) is 0 Å². The lowest BCUT2D eigenvalue weighted by molar-refractivity contribution is 0.0914. The first kappa shape index (κ1) is 16.4. The van der Waals surface area contributed by atoms with Crippen LogP contribution in [0.1, 0.15) is 23.7 Å². The van der Waals surface area contributed by atoms with E-state index in [0.29, 0.717) is 23.0 Å². The molecule has 0 aromatic heterocycles. The second kappa shape index (κ2) is 6.85. The third kappa shape index (κ3) is 3.44. The molecule has 1 aromatic carbocycles. The van der Waals surface area contributed by atoms with E-state index >= 15 is 0 Å². The largest absolute Gasteiger partial charge is 0.454 e. The van der Waals surface area contributed by atoms with E-state index in [2.05, 4.69) is 33.5 Å². The number of fused-ring (bicyclic) bond motifs is 1. The van der Waals surface area contributed by atoms with Crippen LogP contribution >= 0.6 is 28.3 Å². The van der Waals surface area contributed by atoms with Crippen LogP contribution < -0.4 is 20.1 Å². The molecule has 1 saturated heterocycles. The van der Waals surface area contributed by atoms with Crippen LogP contribution in [0.15, 0.2) is 16.6 Å². The van der Waals surface area contributed by atoms with Crippen LogP contribution in [0.3, 0.4) is 0 Å². The van der Waals surface area contributed by atoms with Crippen molar-refractivity contribution >= 4 is 34.2 Å². The minimum atomic E-state index is -0.0791. The molecule has 0 saturated carbocycles. The predicted molar refractivity (Wildman–Crippen MR) is 85.4 cm³/mol. The molecule has 1 amide bonds. The van der Waals surface area contributed by atoms with Crippen LogP contribution in [-0.4, -0.2) is 31.8 Å². The van der Waals surface area contributed by atoms with Crippen molar-refractivity contribution < 1.29 is 14.3 Å². The number of nitrogens with one attached hydrogen (secondary N) is 2. The molecule has 2 heterocycles. The van der Waals surface area contributed by atoms with Gasteiger partial charge < -0.3 is 20.1 Å². The molecular formula is C14H18BrClN2O3. The van der Waals surface area contributed by atoms with Gasteiger partial charge in [0, 0.05) is 18.2 Å². The number of carbonyl (C=O) groups is 1. The molecule has 5 nitrogen and oxygen atoms in total. The molecule has 2 unspecified atom stereocenters. The first-order valence-corrected chi connectivity index (χ1v) is 7.55. The fourth-order valence-electron chi connectivity index (χ4n) is 2.53. The summed E-state index contributed by atoms with van der Waals surface area (Å²) in [5.74, 6) is 1.68. The lowest BCUT2D eigenvalue weighted by Gasteiger charge is -2.30. The van der Waals surface area contributed by atoms with Gasteiger partial charge in [-0.3, -0.25) is 4.79 Å². The summed E-state index contributed by atoms with van der Waals surface area (Å²) in [5, 5.41) is 6.39. The van der Waals surface area contributed by atoms with Crippen molar-refractivity contribution in [1.82, 2.24) is 10.6 Å².